The van der Waals surface area contributed by atoms with Crippen LogP contribution in [-0.2, 0) is 0 Å². The molecule has 0 spiro atoms. The van der Waals surface area contributed by atoms with Crippen molar-refractivity contribution in [3.05, 3.63) is 17.7 Å². The van der Waals surface area contributed by atoms with Gasteiger partial charge in [0.25, 0.3) is 0 Å². The van der Waals surface area contributed by atoms with Crippen molar-refractivity contribution in [1.29, 1.82) is 0 Å². The first-order valence-electron chi connectivity index (χ1n) is 7.78. The van der Waals surface area contributed by atoms with Gasteiger partial charge in [-0.3, -0.25) is 4.90 Å². The van der Waals surface area contributed by atoms with Gasteiger partial charge in [0.15, 0.2) is 11.5 Å². The number of methoxy groups -OCH3 is 2. The van der Waals surface area contributed by atoms with Crippen LogP contribution in [0.4, 0.5) is 0 Å². The van der Waals surface area contributed by atoms with Gasteiger partial charge in [0, 0.05) is 32.2 Å². The number of hydrogen-bond donors (Lipinski definition) is 2. The van der Waals surface area contributed by atoms with E-state index in [2.05, 4.69) is 31.0 Å². The van der Waals surface area contributed by atoms with E-state index < -0.39 is 0 Å². The molecule has 0 aliphatic carbocycles. The number of nitrogens with one attached hydrogen (secondary N) is 1. The standard InChI is InChI=1S/C17H28N2O3/c1-17(2,3)16(19-8-6-18-7-9-19)12-10-13(21-4)15(20)14(11-12)22-5/h10-11,16,18,20H,6-9H2,1-5H3/t16-/m1/s1. The quantitative estimate of drug-likeness (QED) is 0.894. The second-order valence-corrected chi connectivity index (χ2v) is 6.83. The van der Waals surface area contributed by atoms with Crippen LogP contribution in [0.2, 0.25) is 0 Å². The Bertz CT molecular complexity index is 480. The summed E-state index contributed by atoms with van der Waals surface area (Å²) in [6, 6.07) is 4.09. The number of hydrogen-bond acceptors (Lipinski definition) is 5. The second-order valence-electron chi connectivity index (χ2n) is 6.83. The van der Waals surface area contributed by atoms with E-state index in [1.165, 1.54) is 0 Å². The summed E-state index contributed by atoms with van der Waals surface area (Å²) in [4.78, 5) is 2.49. The monoisotopic (exact) mass is 308 g/mol. The molecule has 5 heteroatoms. The molecular weight excluding hydrogens is 280 g/mol. The molecule has 0 amide bonds. The maximum atomic E-state index is 10.1. The largest absolute Gasteiger partial charge is 0.502 e. The number of rotatable bonds is 4. The molecule has 1 aromatic rings. The van der Waals surface area contributed by atoms with Crippen molar-refractivity contribution in [3.63, 3.8) is 0 Å². The average Bonchev–Trinajstić information content (AvgIpc) is 2.48. The van der Waals surface area contributed by atoms with E-state index in [1.807, 2.05) is 12.1 Å². The van der Waals surface area contributed by atoms with E-state index in [-0.39, 0.29) is 17.2 Å². The summed E-state index contributed by atoms with van der Waals surface area (Å²) < 4.78 is 10.6. The number of piperazine rings is 1. The number of aromatic hydroxyl groups is 1. The topological polar surface area (TPSA) is 54.0 Å². The molecule has 124 valence electrons. The molecule has 1 saturated heterocycles. The zero-order valence-electron chi connectivity index (χ0n) is 14.3. The van der Waals surface area contributed by atoms with Gasteiger partial charge in [-0.05, 0) is 23.1 Å². The Morgan fingerprint density at radius 2 is 1.59 bits per heavy atom. The minimum atomic E-state index is 0.0571. The molecule has 0 bridgehead atoms. The van der Waals surface area contributed by atoms with Gasteiger partial charge in [-0.15, -0.1) is 0 Å². The third-order valence-electron chi connectivity index (χ3n) is 4.15. The zero-order chi connectivity index (χ0) is 16.3. The number of phenols is 1. The predicted molar refractivity (Wildman–Crippen MR) is 87.8 cm³/mol. The zero-order valence-corrected chi connectivity index (χ0v) is 14.3. The second kappa shape index (κ2) is 6.75. The predicted octanol–water partition coefficient (Wildman–Crippen LogP) is 2.40. The molecule has 1 fully saturated rings. The third-order valence-corrected chi connectivity index (χ3v) is 4.15. The van der Waals surface area contributed by atoms with Crippen molar-refractivity contribution in [2.45, 2.75) is 26.8 Å². The van der Waals surface area contributed by atoms with Gasteiger partial charge < -0.3 is 19.9 Å². The van der Waals surface area contributed by atoms with Gasteiger partial charge in [0.1, 0.15) is 0 Å². The van der Waals surface area contributed by atoms with E-state index in [9.17, 15) is 5.11 Å². The lowest BCUT2D eigenvalue weighted by Gasteiger charge is -2.42. The van der Waals surface area contributed by atoms with Crippen molar-refractivity contribution in [1.82, 2.24) is 10.2 Å². The molecule has 2 rings (SSSR count). The highest BCUT2D eigenvalue weighted by atomic mass is 16.5. The van der Waals surface area contributed by atoms with Crippen molar-refractivity contribution < 1.29 is 14.6 Å². The van der Waals surface area contributed by atoms with Crippen LogP contribution in [0.15, 0.2) is 12.1 Å². The van der Waals surface area contributed by atoms with Crippen molar-refractivity contribution >= 4 is 0 Å². The minimum absolute atomic E-state index is 0.0571. The Labute approximate surface area is 133 Å². The first kappa shape index (κ1) is 16.9. The number of ether oxygens (including phenoxy) is 2. The molecule has 0 aromatic heterocycles. The highest BCUT2D eigenvalue weighted by Gasteiger charge is 2.33. The Morgan fingerprint density at radius 3 is 2.00 bits per heavy atom. The van der Waals surface area contributed by atoms with E-state index in [4.69, 9.17) is 9.47 Å². The summed E-state index contributed by atoms with van der Waals surface area (Å²) in [5.74, 6) is 0.971. The molecule has 0 saturated carbocycles. The molecule has 5 nitrogen and oxygen atoms in total. The maximum absolute atomic E-state index is 10.1. The molecule has 1 aliphatic heterocycles. The van der Waals surface area contributed by atoms with Gasteiger partial charge in [-0.2, -0.15) is 0 Å². The molecule has 1 heterocycles. The van der Waals surface area contributed by atoms with Gasteiger partial charge in [0.05, 0.1) is 14.2 Å². The fourth-order valence-corrected chi connectivity index (χ4v) is 3.27. The highest BCUT2D eigenvalue weighted by Crippen LogP contribution is 2.44. The van der Waals surface area contributed by atoms with Gasteiger partial charge in [-0.25, -0.2) is 0 Å². The first-order chi connectivity index (χ1) is 10.4. The van der Waals surface area contributed by atoms with Gasteiger partial charge >= 0.3 is 0 Å². The molecule has 22 heavy (non-hydrogen) atoms. The van der Waals surface area contributed by atoms with E-state index in [0.29, 0.717) is 11.5 Å². The van der Waals surface area contributed by atoms with Gasteiger partial charge in [-0.1, -0.05) is 20.8 Å². The lowest BCUT2D eigenvalue weighted by Crippen LogP contribution is -2.48. The summed E-state index contributed by atoms with van der Waals surface area (Å²) >= 11 is 0. The molecule has 2 N–H and O–H groups in total. The lowest BCUT2D eigenvalue weighted by molar-refractivity contribution is 0.0858. The van der Waals surface area contributed by atoms with Crippen LogP contribution >= 0.6 is 0 Å². The smallest absolute Gasteiger partial charge is 0.200 e. The molecule has 1 atom stereocenters. The first-order valence-corrected chi connectivity index (χ1v) is 7.78. The van der Waals surface area contributed by atoms with Crippen molar-refractivity contribution in [3.8, 4) is 17.2 Å². The molecule has 0 unspecified atom stereocenters. The Morgan fingerprint density at radius 1 is 1.09 bits per heavy atom. The van der Waals surface area contributed by atoms with Gasteiger partial charge in [0.2, 0.25) is 5.75 Å². The maximum Gasteiger partial charge on any atom is 0.200 e. The van der Waals surface area contributed by atoms with E-state index in [0.717, 1.165) is 31.7 Å². The van der Waals surface area contributed by atoms with E-state index in [1.54, 1.807) is 14.2 Å². The Kier molecular flexibility index (Phi) is 5.19. The van der Waals surface area contributed by atoms with Crippen molar-refractivity contribution in [2.24, 2.45) is 5.41 Å². The Balaban J connectivity index is 2.47. The molecule has 0 radical (unpaired) electrons. The highest BCUT2D eigenvalue weighted by molar-refractivity contribution is 5.53. The van der Waals surface area contributed by atoms with Crippen LogP contribution in [-0.4, -0.2) is 50.4 Å². The Hall–Kier alpha value is -1.46. The fourth-order valence-electron chi connectivity index (χ4n) is 3.27. The van der Waals surface area contributed by atoms with Crippen LogP contribution in [0.25, 0.3) is 0 Å². The summed E-state index contributed by atoms with van der Waals surface area (Å²) in [6.07, 6.45) is 0. The fraction of sp³-hybridized carbons (Fsp3) is 0.647. The van der Waals surface area contributed by atoms with Crippen molar-refractivity contribution in [2.75, 3.05) is 40.4 Å². The van der Waals surface area contributed by atoms with E-state index >= 15 is 0 Å². The minimum Gasteiger partial charge on any atom is -0.502 e. The third kappa shape index (κ3) is 3.47. The van der Waals surface area contributed by atoms with Crippen LogP contribution in [0, 0.1) is 5.41 Å². The number of phenolic OH excluding ortho intramolecular Hbond substituents is 1. The average molecular weight is 308 g/mol. The SMILES string of the molecule is COc1cc([C@@H](N2CCNCC2)C(C)(C)C)cc(OC)c1O. The lowest BCUT2D eigenvalue weighted by atomic mass is 9.80. The summed E-state index contributed by atoms with van der Waals surface area (Å²) in [5, 5.41) is 13.5. The number of nitrogens with zero attached hydrogens (tertiary/aromatic N) is 1. The number of benzene rings is 1. The summed E-state index contributed by atoms with van der Waals surface area (Å²) in [7, 11) is 3.13. The molecular formula is C17H28N2O3. The van der Waals surface area contributed by atoms with Crippen LogP contribution in [0.3, 0.4) is 0 Å². The van der Waals surface area contributed by atoms with Crippen LogP contribution in [0.5, 0.6) is 17.2 Å². The summed E-state index contributed by atoms with van der Waals surface area (Å²) in [5.41, 5.74) is 1.17. The van der Waals surface area contributed by atoms with Crippen LogP contribution in [0.1, 0.15) is 32.4 Å². The normalized spacial score (nSPS) is 18.0. The molecule has 1 aliphatic rings. The summed E-state index contributed by atoms with van der Waals surface area (Å²) in [6.45, 7) is 10.7. The molecule has 1 aromatic carbocycles. The van der Waals surface area contributed by atoms with Crippen LogP contribution < -0.4 is 14.8 Å².